The van der Waals surface area contributed by atoms with Gasteiger partial charge >= 0.3 is 5.97 Å². The maximum absolute atomic E-state index is 10.9. The van der Waals surface area contributed by atoms with Gasteiger partial charge in [0.25, 0.3) is 0 Å². The van der Waals surface area contributed by atoms with E-state index in [0.29, 0.717) is 12.1 Å². The monoisotopic (exact) mass is 227 g/mol. The van der Waals surface area contributed by atoms with Gasteiger partial charge in [0.2, 0.25) is 0 Å². The van der Waals surface area contributed by atoms with Gasteiger partial charge in [0.05, 0.1) is 6.54 Å². The minimum atomic E-state index is -0.690. The molecule has 0 spiro atoms. The molecule has 0 aromatic carbocycles. The molecule has 0 aromatic rings. The highest BCUT2D eigenvalue weighted by molar-refractivity contribution is 5.69. The average Bonchev–Trinajstić information content (AvgIpc) is 2.53. The molecule has 0 amide bonds. The number of aliphatic carboxylic acids is 1. The Morgan fingerprint density at radius 1 is 1.31 bits per heavy atom. The number of carboxylic acid groups (broad SMARTS) is 1. The maximum Gasteiger partial charge on any atom is 0.317 e. The second-order valence-electron chi connectivity index (χ2n) is 4.97. The van der Waals surface area contributed by atoms with Crippen LogP contribution < -0.4 is 0 Å². The van der Waals surface area contributed by atoms with Crippen molar-refractivity contribution in [3.8, 4) is 0 Å². The summed E-state index contributed by atoms with van der Waals surface area (Å²) in [5, 5.41) is 8.99. The molecule has 1 unspecified atom stereocenters. The highest BCUT2D eigenvalue weighted by Gasteiger charge is 2.25. The van der Waals surface area contributed by atoms with Crippen LogP contribution in [-0.2, 0) is 4.79 Å². The largest absolute Gasteiger partial charge is 0.480 e. The summed E-state index contributed by atoms with van der Waals surface area (Å²) in [6, 6.07) is 0.882. The van der Waals surface area contributed by atoms with Crippen molar-refractivity contribution in [1.82, 2.24) is 4.90 Å². The molecule has 1 atom stereocenters. The van der Waals surface area contributed by atoms with Crippen molar-refractivity contribution < 1.29 is 9.90 Å². The highest BCUT2D eigenvalue weighted by Crippen LogP contribution is 2.24. The summed E-state index contributed by atoms with van der Waals surface area (Å²) in [5.41, 5.74) is 0. The molecule has 1 N–H and O–H groups in total. The topological polar surface area (TPSA) is 40.5 Å². The van der Waals surface area contributed by atoms with Crippen LogP contribution in [0.25, 0.3) is 0 Å². The standard InChI is InChI=1S/C13H25NO2/c1-3-11(2)14(10-13(15)16)12-8-6-4-5-7-9-12/h11-12H,3-10H2,1-2H3,(H,15,16). The smallest absolute Gasteiger partial charge is 0.317 e. The van der Waals surface area contributed by atoms with Crippen molar-refractivity contribution in [3.05, 3.63) is 0 Å². The summed E-state index contributed by atoms with van der Waals surface area (Å²) in [5.74, 6) is -0.690. The first-order valence-corrected chi connectivity index (χ1v) is 6.62. The fraction of sp³-hybridized carbons (Fsp3) is 0.923. The Bertz CT molecular complexity index is 210. The molecule has 1 fully saturated rings. The first-order valence-electron chi connectivity index (χ1n) is 6.62. The van der Waals surface area contributed by atoms with E-state index in [1.165, 1.54) is 38.5 Å². The predicted octanol–water partition coefficient (Wildman–Crippen LogP) is 2.89. The molecule has 0 bridgehead atoms. The quantitative estimate of drug-likeness (QED) is 0.734. The molecule has 0 heterocycles. The van der Waals surface area contributed by atoms with E-state index in [9.17, 15) is 4.79 Å². The molecule has 0 saturated heterocycles. The van der Waals surface area contributed by atoms with Gasteiger partial charge in [-0.2, -0.15) is 0 Å². The Morgan fingerprint density at radius 3 is 2.31 bits per heavy atom. The van der Waals surface area contributed by atoms with Gasteiger partial charge in [-0.25, -0.2) is 0 Å². The molecule has 0 aliphatic heterocycles. The Labute approximate surface area is 98.8 Å². The molecule has 1 aliphatic rings. The minimum absolute atomic E-state index is 0.208. The Morgan fingerprint density at radius 2 is 1.88 bits per heavy atom. The molecule has 1 rings (SSSR count). The summed E-state index contributed by atoms with van der Waals surface area (Å²) in [6.07, 6.45) is 8.54. The molecular formula is C13H25NO2. The van der Waals surface area contributed by atoms with Crippen LogP contribution in [0.15, 0.2) is 0 Å². The van der Waals surface area contributed by atoms with Gasteiger partial charge in [-0.3, -0.25) is 9.69 Å². The van der Waals surface area contributed by atoms with E-state index in [0.717, 1.165) is 6.42 Å². The van der Waals surface area contributed by atoms with Crippen molar-refractivity contribution in [3.63, 3.8) is 0 Å². The molecule has 1 saturated carbocycles. The van der Waals surface area contributed by atoms with Gasteiger partial charge in [0.15, 0.2) is 0 Å². The molecule has 1 aliphatic carbocycles. The van der Waals surface area contributed by atoms with Crippen LogP contribution in [0.3, 0.4) is 0 Å². The fourth-order valence-corrected chi connectivity index (χ4v) is 2.62. The lowest BCUT2D eigenvalue weighted by Gasteiger charge is -2.34. The molecule has 0 radical (unpaired) electrons. The normalized spacial score (nSPS) is 20.7. The third kappa shape index (κ3) is 4.12. The van der Waals surface area contributed by atoms with E-state index in [1.807, 2.05) is 0 Å². The van der Waals surface area contributed by atoms with Crippen molar-refractivity contribution in [2.24, 2.45) is 0 Å². The van der Waals surface area contributed by atoms with E-state index in [-0.39, 0.29) is 6.54 Å². The van der Waals surface area contributed by atoms with Crippen molar-refractivity contribution in [1.29, 1.82) is 0 Å². The number of carboxylic acids is 1. The number of hydrogen-bond donors (Lipinski definition) is 1. The molecule has 0 aromatic heterocycles. The first-order chi connectivity index (χ1) is 7.65. The molecule has 3 nitrogen and oxygen atoms in total. The number of rotatable bonds is 5. The van der Waals surface area contributed by atoms with Crippen LogP contribution in [0.5, 0.6) is 0 Å². The molecular weight excluding hydrogens is 202 g/mol. The van der Waals surface area contributed by atoms with Gasteiger partial charge in [0.1, 0.15) is 0 Å². The lowest BCUT2D eigenvalue weighted by Crippen LogP contribution is -2.44. The zero-order chi connectivity index (χ0) is 12.0. The number of carbonyl (C=O) groups is 1. The zero-order valence-corrected chi connectivity index (χ0v) is 10.6. The fourth-order valence-electron chi connectivity index (χ4n) is 2.62. The van der Waals surface area contributed by atoms with Crippen molar-refractivity contribution in [2.75, 3.05) is 6.54 Å². The third-order valence-electron chi connectivity index (χ3n) is 3.77. The second-order valence-corrected chi connectivity index (χ2v) is 4.97. The summed E-state index contributed by atoms with van der Waals surface area (Å²) in [6.45, 7) is 4.49. The van der Waals surface area contributed by atoms with Crippen LogP contribution in [0.1, 0.15) is 58.8 Å². The number of nitrogens with zero attached hydrogens (tertiary/aromatic N) is 1. The lowest BCUT2D eigenvalue weighted by atomic mass is 10.0. The van der Waals surface area contributed by atoms with Gasteiger partial charge in [0, 0.05) is 12.1 Å². The van der Waals surface area contributed by atoms with E-state index < -0.39 is 5.97 Å². The molecule has 3 heteroatoms. The van der Waals surface area contributed by atoms with E-state index in [4.69, 9.17) is 5.11 Å². The Balaban J connectivity index is 2.61. The van der Waals surface area contributed by atoms with E-state index >= 15 is 0 Å². The van der Waals surface area contributed by atoms with E-state index in [1.54, 1.807) is 0 Å². The van der Waals surface area contributed by atoms with Gasteiger partial charge < -0.3 is 5.11 Å². The van der Waals surface area contributed by atoms with Gasteiger partial charge in [-0.15, -0.1) is 0 Å². The highest BCUT2D eigenvalue weighted by atomic mass is 16.4. The zero-order valence-electron chi connectivity index (χ0n) is 10.6. The van der Waals surface area contributed by atoms with Crippen LogP contribution in [-0.4, -0.2) is 34.6 Å². The minimum Gasteiger partial charge on any atom is -0.480 e. The van der Waals surface area contributed by atoms with Crippen molar-refractivity contribution in [2.45, 2.75) is 70.9 Å². The maximum atomic E-state index is 10.9. The summed E-state index contributed by atoms with van der Waals surface area (Å²) >= 11 is 0. The predicted molar refractivity (Wildman–Crippen MR) is 65.6 cm³/mol. The Hall–Kier alpha value is -0.570. The van der Waals surface area contributed by atoms with Crippen LogP contribution >= 0.6 is 0 Å². The molecule has 16 heavy (non-hydrogen) atoms. The lowest BCUT2D eigenvalue weighted by molar-refractivity contribution is -0.139. The van der Waals surface area contributed by atoms with Crippen molar-refractivity contribution >= 4 is 5.97 Å². The summed E-state index contributed by atoms with van der Waals surface area (Å²) < 4.78 is 0. The molecule has 94 valence electrons. The van der Waals surface area contributed by atoms with Crippen LogP contribution in [0.4, 0.5) is 0 Å². The number of hydrogen-bond acceptors (Lipinski definition) is 2. The van der Waals surface area contributed by atoms with Gasteiger partial charge in [-0.05, 0) is 26.2 Å². The van der Waals surface area contributed by atoms with Gasteiger partial charge in [-0.1, -0.05) is 32.6 Å². The first kappa shape index (κ1) is 13.5. The third-order valence-corrected chi connectivity index (χ3v) is 3.77. The Kier molecular flexibility index (Phi) is 5.81. The van der Waals surface area contributed by atoms with Crippen LogP contribution in [0, 0.1) is 0 Å². The van der Waals surface area contributed by atoms with Crippen LogP contribution in [0.2, 0.25) is 0 Å². The SMILES string of the molecule is CCC(C)N(CC(=O)O)C1CCCCCC1. The summed E-state index contributed by atoms with van der Waals surface area (Å²) in [7, 11) is 0. The second kappa shape index (κ2) is 6.89. The van der Waals surface area contributed by atoms with E-state index in [2.05, 4.69) is 18.7 Å². The summed E-state index contributed by atoms with van der Waals surface area (Å²) in [4.78, 5) is 13.1. The average molecular weight is 227 g/mol.